The average molecular weight is 344 g/mol. The average Bonchev–Trinajstić information content (AvgIpc) is 2.76. The summed E-state index contributed by atoms with van der Waals surface area (Å²) in [6.45, 7) is 3.75. The third-order valence-electron chi connectivity index (χ3n) is 4.28. The van der Waals surface area contributed by atoms with Crippen molar-refractivity contribution in [3.63, 3.8) is 0 Å². The third kappa shape index (κ3) is 2.62. The van der Waals surface area contributed by atoms with Gasteiger partial charge in [0, 0.05) is 22.2 Å². The van der Waals surface area contributed by atoms with Gasteiger partial charge in [0.25, 0.3) is 5.91 Å². The van der Waals surface area contributed by atoms with Crippen molar-refractivity contribution in [1.82, 2.24) is 0 Å². The van der Waals surface area contributed by atoms with Crippen LogP contribution in [0.3, 0.4) is 0 Å². The van der Waals surface area contributed by atoms with Gasteiger partial charge in [0.05, 0.1) is 12.1 Å². The Kier molecular flexibility index (Phi) is 4.20. The van der Waals surface area contributed by atoms with Crippen LogP contribution >= 0.6 is 11.6 Å². The molecule has 1 N–H and O–H groups in total. The number of nitrogens with zero attached hydrogens (tertiary/aromatic N) is 1. The molecule has 0 saturated heterocycles. The normalized spacial score (nSPS) is 19.7. The van der Waals surface area contributed by atoms with Gasteiger partial charge in [0.2, 0.25) is 0 Å². The van der Waals surface area contributed by atoms with Crippen LogP contribution in [0.1, 0.15) is 36.2 Å². The van der Waals surface area contributed by atoms with Gasteiger partial charge >= 0.3 is 0 Å². The van der Waals surface area contributed by atoms with E-state index in [9.17, 15) is 14.7 Å². The molecule has 2 aromatic rings. The molecule has 1 aliphatic heterocycles. The summed E-state index contributed by atoms with van der Waals surface area (Å²) in [5.41, 5.74) is -0.284. The van der Waals surface area contributed by atoms with Crippen LogP contribution in [0.25, 0.3) is 0 Å². The zero-order valence-electron chi connectivity index (χ0n) is 13.5. The molecule has 4 nitrogen and oxygen atoms in total. The highest BCUT2D eigenvalue weighted by Gasteiger charge is 2.51. The highest BCUT2D eigenvalue weighted by Crippen LogP contribution is 2.43. The predicted octanol–water partition coefficient (Wildman–Crippen LogP) is 3.56. The second kappa shape index (κ2) is 6.04. The Morgan fingerprint density at radius 1 is 1.17 bits per heavy atom. The van der Waals surface area contributed by atoms with Crippen LogP contribution in [0.15, 0.2) is 48.5 Å². The summed E-state index contributed by atoms with van der Waals surface area (Å²) in [4.78, 5) is 27.0. The molecule has 0 unspecified atom stereocenters. The maximum absolute atomic E-state index is 12.8. The molecule has 1 aliphatic rings. The Balaban J connectivity index is 1.98. The smallest absolute Gasteiger partial charge is 0.264 e. The van der Waals surface area contributed by atoms with E-state index in [1.54, 1.807) is 47.4 Å². The molecule has 3 rings (SSSR count). The Hall–Kier alpha value is -2.17. The van der Waals surface area contributed by atoms with Crippen LogP contribution in [0.4, 0.5) is 5.69 Å². The molecule has 0 fully saturated rings. The largest absolute Gasteiger partial charge is 0.375 e. The van der Waals surface area contributed by atoms with Gasteiger partial charge in [-0.15, -0.1) is 0 Å². The minimum Gasteiger partial charge on any atom is -0.375 e. The fraction of sp³-hybridized carbons (Fsp3) is 0.263. The number of ketones is 1. The van der Waals surface area contributed by atoms with Crippen LogP contribution in [0.2, 0.25) is 5.02 Å². The van der Waals surface area contributed by atoms with E-state index in [0.717, 1.165) is 0 Å². The highest BCUT2D eigenvalue weighted by molar-refractivity contribution is 6.30. The number of hydrogen-bond donors (Lipinski definition) is 1. The topological polar surface area (TPSA) is 57.6 Å². The Labute approximate surface area is 145 Å². The number of Topliss-reactive ketones (excluding diaryl/α,β-unsaturated/α-hetero) is 1. The first kappa shape index (κ1) is 16.7. The van der Waals surface area contributed by atoms with Crippen molar-refractivity contribution in [3.8, 4) is 0 Å². The van der Waals surface area contributed by atoms with Crippen molar-refractivity contribution in [1.29, 1.82) is 0 Å². The molecule has 0 spiro atoms. The van der Waals surface area contributed by atoms with Crippen LogP contribution in [-0.2, 0) is 10.4 Å². The number of para-hydroxylation sites is 1. The van der Waals surface area contributed by atoms with Gasteiger partial charge in [0.15, 0.2) is 11.4 Å². The molecule has 24 heavy (non-hydrogen) atoms. The molecule has 0 bridgehead atoms. The number of aliphatic hydroxyl groups is 1. The molecule has 2 aromatic carbocycles. The molecule has 0 radical (unpaired) electrons. The van der Waals surface area contributed by atoms with Crippen molar-refractivity contribution >= 4 is 29.0 Å². The lowest BCUT2D eigenvalue weighted by atomic mass is 9.88. The van der Waals surface area contributed by atoms with Gasteiger partial charge in [-0.3, -0.25) is 9.59 Å². The van der Waals surface area contributed by atoms with E-state index in [1.807, 2.05) is 19.9 Å². The van der Waals surface area contributed by atoms with E-state index < -0.39 is 11.5 Å². The lowest BCUT2D eigenvalue weighted by Gasteiger charge is -2.25. The molecule has 1 amide bonds. The second-order valence-electron chi connectivity index (χ2n) is 6.25. The van der Waals surface area contributed by atoms with Gasteiger partial charge < -0.3 is 10.0 Å². The molecule has 5 heteroatoms. The van der Waals surface area contributed by atoms with Gasteiger partial charge in [-0.2, -0.15) is 0 Å². The lowest BCUT2D eigenvalue weighted by molar-refractivity contribution is -0.136. The zero-order valence-corrected chi connectivity index (χ0v) is 14.2. The molecule has 1 atom stereocenters. The van der Waals surface area contributed by atoms with Crippen molar-refractivity contribution in [3.05, 3.63) is 64.7 Å². The minimum absolute atomic E-state index is 0.113. The van der Waals surface area contributed by atoms with Crippen molar-refractivity contribution in [2.45, 2.75) is 31.9 Å². The summed E-state index contributed by atoms with van der Waals surface area (Å²) in [7, 11) is 0. The van der Waals surface area contributed by atoms with Gasteiger partial charge in [-0.05, 0) is 44.2 Å². The number of rotatable bonds is 4. The molecule has 0 aromatic heterocycles. The van der Waals surface area contributed by atoms with Crippen molar-refractivity contribution < 1.29 is 14.7 Å². The monoisotopic (exact) mass is 343 g/mol. The van der Waals surface area contributed by atoms with Gasteiger partial charge in [-0.25, -0.2) is 0 Å². The fourth-order valence-corrected chi connectivity index (χ4v) is 3.24. The van der Waals surface area contributed by atoms with E-state index in [2.05, 4.69) is 0 Å². The van der Waals surface area contributed by atoms with Crippen LogP contribution in [0.5, 0.6) is 0 Å². The molecular formula is C19H18ClNO3. The van der Waals surface area contributed by atoms with E-state index in [0.29, 0.717) is 21.8 Å². The first-order valence-electron chi connectivity index (χ1n) is 7.79. The first-order valence-corrected chi connectivity index (χ1v) is 8.16. The molecular weight excluding hydrogens is 326 g/mol. The minimum atomic E-state index is -1.84. The maximum atomic E-state index is 12.8. The van der Waals surface area contributed by atoms with Crippen molar-refractivity contribution in [2.75, 3.05) is 4.90 Å². The molecule has 0 aliphatic carbocycles. The number of fused-ring (bicyclic) bond motifs is 1. The van der Waals surface area contributed by atoms with Crippen LogP contribution < -0.4 is 4.90 Å². The summed E-state index contributed by atoms with van der Waals surface area (Å²) < 4.78 is 0. The Bertz CT molecular complexity index is 801. The summed E-state index contributed by atoms with van der Waals surface area (Å²) in [6, 6.07) is 13.4. The number of carbonyl (C=O) groups excluding carboxylic acids is 2. The van der Waals surface area contributed by atoms with Crippen LogP contribution in [0, 0.1) is 0 Å². The van der Waals surface area contributed by atoms with E-state index in [1.165, 1.54) is 0 Å². The Morgan fingerprint density at radius 3 is 2.42 bits per heavy atom. The van der Waals surface area contributed by atoms with E-state index >= 15 is 0 Å². The summed E-state index contributed by atoms with van der Waals surface area (Å²) >= 11 is 5.84. The maximum Gasteiger partial charge on any atom is 0.264 e. The van der Waals surface area contributed by atoms with Crippen LogP contribution in [-0.4, -0.2) is 22.8 Å². The third-order valence-corrected chi connectivity index (χ3v) is 4.53. The number of hydrogen-bond acceptors (Lipinski definition) is 3. The molecule has 0 saturated carbocycles. The molecule has 124 valence electrons. The number of carbonyl (C=O) groups is 2. The standard InChI is InChI=1S/C19H18ClNO3/c1-12(2)21-16-6-4-3-5-15(16)19(24,18(21)23)11-17(22)13-7-9-14(20)10-8-13/h3-10,12,24H,11H2,1-2H3/t19-/m1/s1. The fourth-order valence-electron chi connectivity index (χ4n) is 3.11. The lowest BCUT2D eigenvalue weighted by Crippen LogP contribution is -2.44. The predicted molar refractivity (Wildman–Crippen MR) is 93.4 cm³/mol. The summed E-state index contributed by atoms with van der Waals surface area (Å²) in [5, 5.41) is 11.6. The van der Waals surface area contributed by atoms with E-state index in [-0.39, 0.29) is 18.2 Å². The zero-order chi connectivity index (χ0) is 17.5. The number of amides is 1. The number of anilines is 1. The quantitative estimate of drug-likeness (QED) is 0.864. The molecule has 1 heterocycles. The summed E-state index contributed by atoms with van der Waals surface area (Å²) in [5.74, 6) is -0.760. The Morgan fingerprint density at radius 2 is 1.79 bits per heavy atom. The van der Waals surface area contributed by atoms with Gasteiger partial charge in [-0.1, -0.05) is 29.8 Å². The van der Waals surface area contributed by atoms with Gasteiger partial charge in [0.1, 0.15) is 0 Å². The second-order valence-corrected chi connectivity index (χ2v) is 6.69. The van der Waals surface area contributed by atoms with Crippen molar-refractivity contribution in [2.24, 2.45) is 0 Å². The SMILES string of the molecule is CC(C)N1C(=O)[C@@](O)(CC(=O)c2ccc(Cl)cc2)c2ccccc21. The highest BCUT2D eigenvalue weighted by atomic mass is 35.5. The number of benzene rings is 2. The number of halogens is 1. The summed E-state index contributed by atoms with van der Waals surface area (Å²) in [6.07, 6.45) is -0.298. The first-order chi connectivity index (χ1) is 11.3. The van der Waals surface area contributed by atoms with E-state index in [4.69, 9.17) is 11.6 Å².